The minimum absolute atomic E-state index is 0.0998. The van der Waals surface area contributed by atoms with Crippen molar-refractivity contribution in [2.24, 2.45) is 0 Å². The van der Waals surface area contributed by atoms with Crippen LogP contribution in [0, 0.1) is 13.8 Å². The number of carbonyl (C=O) groups is 1. The first-order chi connectivity index (χ1) is 17.6. The Hall–Kier alpha value is -3.69. The number of aromatic nitrogens is 4. The van der Waals surface area contributed by atoms with E-state index in [2.05, 4.69) is 57.4 Å². The summed E-state index contributed by atoms with van der Waals surface area (Å²) in [5, 5.41) is 12.5. The minimum atomic E-state index is -0.0998. The molecule has 1 N–H and O–H groups in total. The third-order valence-corrected chi connectivity index (χ3v) is 6.93. The SMILES string of the molecule is Cc1ccc(-n2c(SCC(=O)Nc3ccc(N4CCOCC4)cc3)nnc2-c2cccnc2)c(C)c1. The van der Waals surface area contributed by atoms with Gasteiger partial charge in [0.15, 0.2) is 11.0 Å². The van der Waals surface area contributed by atoms with Gasteiger partial charge in [-0.1, -0.05) is 29.5 Å². The molecule has 0 aliphatic carbocycles. The van der Waals surface area contributed by atoms with Crippen molar-refractivity contribution in [1.29, 1.82) is 0 Å². The van der Waals surface area contributed by atoms with Crippen molar-refractivity contribution in [2.75, 3.05) is 42.3 Å². The number of amides is 1. The van der Waals surface area contributed by atoms with Gasteiger partial charge < -0.3 is 15.0 Å². The normalized spacial score (nSPS) is 13.6. The molecule has 1 aliphatic rings. The second-order valence-electron chi connectivity index (χ2n) is 8.66. The number of carbonyl (C=O) groups excluding carboxylic acids is 1. The number of hydrogen-bond acceptors (Lipinski definition) is 7. The highest BCUT2D eigenvalue weighted by molar-refractivity contribution is 7.99. The van der Waals surface area contributed by atoms with Crippen molar-refractivity contribution in [1.82, 2.24) is 19.7 Å². The van der Waals surface area contributed by atoms with Crippen molar-refractivity contribution in [3.05, 3.63) is 78.1 Å². The van der Waals surface area contributed by atoms with E-state index in [1.807, 2.05) is 41.0 Å². The lowest BCUT2D eigenvalue weighted by Gasteiger charge is -2.28. The Kier molecular flexibility index (Phi) is 7.29. The molecule has 4 aromatic rings. The first kappa shape index (κ1) is 24.0. The standard InChI is InChI=1S/C27H28N6O2S/c1-19-5-10-24(20(2)16-19)33-26(21-4-3-11-28-17-21)30-31-27(33)36-18-25(34)29-22-6-8-23(9-7-22)32-12-14-35-15-13-32/h3-11,16-17H,12-15,18H2,1-2H3,(H,29,34). The summed E-state index contributed by atoms with van der Waals surface area (Å²) in [5.41, 5.74) is 6.03. The topological polar surface area (TPSA) is 85.2 Å². The molecule has 0 saturated carbocycles. The first-order valence-corrected chi connectivity index (χ1v) is 12.9. The van der Waals surface area contributed by atoms with Gasteiger partial charge in [0.05, 0.1) is 24.7 Å². The van der Waals surface area contributed by atoms with Crippen molar-refractivity contribution < 1.29 is 9.53 Å². The molecule has 1 fully saturated rings. The van der Waals surface area contributed by atoms with E-state index in [9.17, 15) is 4.79 Å². The third-order valence-electron chi connectivity index (χ3n) is 6.01. The van der Waals surface area contributed by atoms with Gasteiger partial charge in [0.1, 0.15) is 0 Å². The minimum Gasteiger partial charge on any atom is -0.378 e. The molecule has 0 spiro atoms. The van der Waals surface area contributed by atoms with Crippen LogP contribution in [0.5, 0.6) is 0 Å². The molecular weight excluding hydrogens is 472 g/mol. The summed E-state index contributed by atoms with van der Waals surface area (Å²) in [6, 6.07) is 18.0. The molecule has 8 nitrogen and oxygen atoms in total. The van der Waals surface area contributed by atoms with Crippen molar-refractivity contribution in [3.8, 4) is 17.1 Å². The number of nitrogens with one attached hydrogen (secondary N) is 1. The molecule has 1 amide bonds. The highest BCUT2D eigenvalue weighted by atomic mass is 32.2. The number of hydrogen-bond donors (Lipinski definition) is 1. The van der Waals surface area contributed by atoms with Gasteiger partial charge >= 0.3 is 0 Å². The number of pyridine rings is 1. The molecule has 36 heavy (non-hydrogen) atoms. The smallest absolute Gasteiger partial charge is 0.234 e. The van der Waals surface area contributed by atoms with Gasteiger partial charge in [-0.15, -0.1) is 10.2 Å². The predicted octanol–water partition coefficient (Wildman–Crippen LogP) is 4.51. The van der Waals surface area contributed by atoms with Crippen LogP contribution in [0.15, 0.2) is 72.1 Å². The predicted molar refractivity (Wildman–Crippen MR) is 143 cm³/mol. The first-order valence-electron chi connectivity index (χ1n) is 11.9. The highest BCUT2D eigenvalue weighted by Gasteiger charge is 2.19. The number of thioether (sulfide) groups is 1. The lowest BCUT2D eigenvalue weighted by Crippen LogP contribution is -2.36. The summed E-state index contributed by atoms with van der Waals surface area (Å²) >= 11 is 1.36. The molecule has 2 aromatic heterocycles. The fourth-order valence-corrected chi connectivity index (χ4v) is 4.97. The van der Waals surface area contributed by atoms with Gasteiger partial charge in [-0.05, 0) is 61.9 Å². The van der Waals surface area contributed by atoms with Crippen molar-refractivity contribution in [3.63, 3.8) is 0 Å². The molecule has 9 heteroatoms. The molecule has 1 saturated heterocycles. The summed E-state index contributed by atoms with van der Waals surface area (Å²) in [5.74, 6) is 0.801. The van der Waals surface area contributed by atoms with E-state index in [1.54, 1.807) is 12.4 Å². The lowest BCUT2D eigenvalue weighted by atomic mass is 10.1. The summed E-state index contributed by atoms with van der Waals surface area (Å²) in [7, 11) is 0. The maximum absolute atomic E-state index is 12.8. The molecule has 0 atom stereocenters. The van der Waals surface area contributed by atoms with Crippen molar-refractivity contribution in [2.45, 2.75) is 19.0 Å². The van der Waals surface area contributed by atoms with Gasteiger partial charge in [-0.2, -0.15) is 0 Å². The number of ether oxygens (including phenoxy) is 1. The maximum atomic E-state index is 12.8. The zero-order valence-corrected chi connectivity index (χ0v) is 21.2. The number of nitrogens with zero attached hydrogens (tertiary/aromatic N) is 5. The van der Waals surface area contributed by atoms with Crippen LogP contribution in [0.4, 0.5) is 11.4 Å². The number of anilines is 2. The average molecular weight is 501 g/mol. The highest BCUT2D eigenvalue weighted by Crippen LogP contribution is 2.30. The van der Waals surface area contributed by atoms with E-state index >= 15 is 0 Å². The number of morpholine rings is 1. The molecule has 0 radical (unpaired) electrons. The summed E-state index contributed by atoms with van der Waals surface area (Å²) < 4.78 is 7.42. The van der Waals surface area contributed by atoms with Crippen LogP contribution in [0.2, 0.25) is 0 Å². The Balaban J connectivity index is 1.31. The lowest BCUT2D eigenvalue weighted by molar-refractivity contribution is -0.113. The van der Waals surface area contributed by atoms with E-state index in [-0.39, 0.29) is 11.7 Å². The van der Waals surface area contributed by atoms with E-state index in [1.165, 1.54) is 17.3 Å². The van der Waals surface area contributed by atoms with Crippen LogP contribution in [-0.4, -0.2) is 57.7 Å². The quantitative estimate of drug-likeness (QED) is 0.374. The van der Waals surface area contributed by atoms with Gasteiger partial charge in [-0.3, -0.25) is 14.3 Å². The van der Waals surface area contributed by atoms with E-state index < -0.39 is 0 Å². The fraction of sp³-hybridized carbons (Fsp3) is 0.259. The summed E-state index contributed by atoms with van der Waals surface area (Å²) in [4.78, 5) is 19.3. The molecule has 5 rings (SSSR count). The Morgan fingerprint density at radius 2 is 1.86 bits per heavy atom. The molecule has 2 aromatic carbocycles. The third kappa shape index (κ3) is 5.42. The number of aryl methyl sites for hydroxylation is 2. The Bertz CT molecular complexity index is 1330. The second kappa shape index (κ2) is 10.9. The van der Waals surface area contributed by atoms with Crippen LogP contribution >= 0.6 is 11.8 Å². The van der Waals surface area contributed by atoms with E-state index in [0.29, 0.717) is 11.0 Å². The molecule has 0 bridgehead atoms. The largest absolute Gasteiger partial charge is 0.378 e. The summed E-state index contributed by atoms with van der Waals surface area (Å²) in [6.07, 6.45) is 3.50. The monoisotopic (exact) mass is 500 g/mol. The van der Waals surface area contributed by atoms with E-state index in [0.717, 1.165) is 54.5 Å². The van der Waals surface area contributed by atoms with Crippen LogP contribution in [0.25, 0.3) is 17.1 Å². The Morgan fingerprint density at radius 1 is 1.06 bits per heavy atom. The zero-order chi connectivity index (χ0) is 24.9. The molecule has 3 heterocycles. The average Bonchev–Trinajstić information content (AvgIpc) is 3.32. The maximum Gasteiger partial charge on any atom is 0.234 e. The van der Waals surface area contributed by atoms with Gasteiger partial charge in [0.2, 0.25) is 5.91 Å². The van der Waals surface area contributed by atoms with Gasteiger partial charge in [-0.25, -0.2) is 0 Å². The van der Waals surface area contributed by atoms with Crippen LogP contribution in [-0.2, 0) is 9.53 Å². The Labute approximate surface area is 214 Å². The molecular formula is C27H28N6O2S. The molecule has 184 valence electrons. The fourth-order valence-electron chi connectivity index (χ4n) is 4.22. The van der Waals surface area contributed by atoms with Crippen LogP contribution in [0.1, 0.15) is 11.1 Å². The van der Waals surface area contributed by atoms with E-state index in [4.69, 9.17) is 4.74 Å². The number of benzene rings is 2. The van der Waals surface area contributed by atoms with Crippen molar-refractivity contribution >= 4 is 29.0 Å². The second-order valence-corrected chi connectivity index (χ2v) is 9.60. The molecule has 0 unspecified atom stereocenters. The number of rotatable bonds is 7. The zero-order valence-electron chi connectivity index (χ0n) is 20.3. The van der Waals surface area contributed by atoms with Crippen LogP contribution in [0.3, 0.4) is 0 Å². The van der Waals surface area contributed by atoms with Crippen LogP contribution < -0.4 is 10.2 Å². The van der Waals surface area contributed by atoms with Gasteiger partial charge in [0, 0.05) is 42.4 Å². The summed E-state index contributed by atoms with van der Waals surface area (Å²) in [6.45, 7) is 7.38. The molecule has 1 aliphatic heterocycles. The van der Waals surface area contributed by atoms with Gasteiger partial charge in [0.25, 0.3) is 0 Å². The Morgan fingerprint density at radius 3 is 2.58 bits per heavy atom.